The van der Waals surface area contributed by atoms with E-state index in [1.165, 1.54) is 0 Å². The second kappa shape index (κ2) is 7.50. The highest BCUT2D eigenvalue weighted by Crippen LogP contribution is 2.26. The third kappa shape index (κ3) is 3.81. The van der Waals surface area contributed by atoms with Crippen molar-refractivity contribution < 1.29 is 4.79 Å². The Morgan fingerprint density at radius 1 is 0.852 bits per heavy atom. The number of carbonyl (C=O) groups excluding carboxylic acids is 1. The molecule has 27 heavy (non-hydrogen) atoms. The molecule has 1 fully saturated rings. The lowest BCUT2D eigenvalue weighted by atomic mass is 10.2. The maximum Gasteiger partial charge on any atom is 0.254 e. The molecule has 1 aliphatic rings. The van der Waals surface area contributed by atoms with E-state index in [0.29, 0.717) is 52.8 Å². The fourth-order valence-electron chi connectivity index (χ4n) is 3.15. The van der Waals surface area contributed by atoms with Crippen LogP contribution in [0.25, 0.3) is 11.0 Å². The maximum absolute atomic E-state index is 12.7. The van der Waals surface area contributed by atoms with Gasteiger partial charge in [-0.25, -0.2) is 9.97 Å². The molecule has 0 radical (unpaired) electrons. The SMILES string of the molecule is O=C(c1cc(Cl)cc(Cl)c1)N1CCN(c2nc3ccccc3nc2Cl)CC1. The second-order valence-corrected chi connectivity index (χ2v) is 7.49. The molecule has 1 saturated heterocycles. The molecule has 1 amide bonds. The van der Waals surface area contributed by atoms with Crippen LogP contribution in [0.3, 0.4) is 0 Å². The number of aromatic nitrogens is 2. The van der Waals surface area contributed by atoms with E-state index in [9.17, 15) is 4.79 Å². The predicted molar refractivity (Wildman–Crippen MR) is 109 cm³/mol. The van der Waals surface area contributed by atoms with Crippen molar-refractivity contribution in [1.29, 1.82) is 0 Å². The van der Waals surface area contributed by atoms with E-state index in [-0.39, 0.29) is 5.91 Å². The lowest BCUT2D eigenvalue weighted by molar-refractivity contribution is 0.0746. The van der Waals surface area contributed by atoms with Crippen LogP contribution >= 0.6 is 34.8 Å². The first-order valence-corrected chi connectivity index (χ1v) is 9.57. The topological polar surface area (TPSA) is 49.3 Å². The van der Waals surface area contributed by atoms with Crippen LogP contribution in [0.15, 0.2) is 42.5 Å². The first kappa shape index (κ1) is 18.3. The summed E-state index contributed by atoms with van der Waals surface area (Å²) in [6, 6.07) is 12.5. The number of amides is 1. The molecule has 3 aromatic rings. The van der Waals surface area contributed by atoms with Gasteiger partial charge in [0.15, 0.2) is 11.0 Å². The number of nitrogens with zero attached hydrogens (tertiary/aromatic N) is 4. The molecule has 8 heteroatoms. The highest BCUT2D eigenvalue weighted by molar-refractivity contribution is 6.35. The van der Waals surface area contributed by atoms with Crippen molar-refractivity contribution >= 4 is 57.6 Å². The summed E-state index contributed by atoms with van der Waals surface area (Å²) < 4.78 is 0. The van der Waals surface area contributed by atoms with Gasteiger partial charge in [-0.3, -0.25) is 4.79 Å². The van der Waals surface area contributed by atoms with Crippen LogP contribution in [0, 0.1) is 0 Å². The normalized spacial score (nSPS) is 14.6. The molecule has 0 aliphatic carbocycles. The van der Waals surface area contributed by atoms with Gasteiger partial charge in [-0.15, -0.1) is 0 Å². The number of benzene rings is 2. The van der Waals surface area contributed by atoms with Gasteiger partial charge in [0.05, 0.1) is 11.0 Å². The molecule has 0 unspecified atom stereocenters. The minimum Gasteiger partial charge on any atom is -0.350 e. The Bertz CT molecular complexity index is 999. The zero-order valence-corrected chi connectivity index (χ0v) is 16.5. The van der Waals surface area contributed by atoms with Crippen LogP contribution in [0.5, 0.6) is 0 Å². The molecule has 0 atom stereocenters. The van der Waals surface area contributed by atoms with Crippen molar-refractivity contribution in [3.05, 3.63) is 63.2 Å². The van der Waals surface area contributed by atoms with Crippen LogP contribution in [-0.4, -0.2) is 47.0 Å². The van der Waals surface area contributed by atoms with E-state index in [0.717, 1.165) is 11.0 Å². The minimum absolute atomic E-state index is 0.0882. The summed E-state index contributed by atoms with van der Waals surface area (Å²) in [5.74, 6) is 0.558. The summed E-state index contributed by atoms with van der Waals surface area (Å²) in [7, 11) is 0. The maximum atomic E-state index is 12.7. The number of para-hydroxylation sites is 2. The van der Waals surface area contributed by atoms with Crippen LogP contribution in [-0.2, 0) is 0 Å². The fourth-order valence-corrected chi connectivity index (χ4v) is 3.93. The Morgan fingerprint density at radius 2 is 1.44 bits per heavy atom. The third-order valence-corrected chi connectivity index (χ3v) is 5.18. The Morgan fingerprint density at radius 3 is 2.07 bits per heavy atom. The molecular formula is C19H15Cl3N4O. The molecular weight excluding hydrogens is 407 g/mol. The number of rotatable bonds is 2. The van der Waals surface area contributed by atoms with Gasteiger partial charge in [0, 0.05) is 41.8 Å². The molecule has 0 N–H and O–H groups in total. The van der Waals surface area contributed by atoms with Crippen molar-refractivity contribution in [2.24, 2.45) is 0 Å². The van der Waals surface area contributed by atoms with Gasteiger partial charge in [0.2, 0.25) is 0 Å². The summed E-state index contributed by atoms with van der Waals surface area (Å²) in [6.45, 7) is 2.33. The van der Waals surface area contributed by atoms with Crippen LogP contribution in [0.2, 0.25) is 15.2 Å². The van der Waals surface area contributed by atoms with Gasteiger partial charge in [-0.2, -0.15) is 0 Å². The number of fused-ring (bicyclic) bond motifs is 1. The van der Waals surface area contributed by atoms with Gasteiger partial charge in [-0.1, -0.05) is 46.9 Å². The predicted octanol–water partition coefficient (Wildman–Crippen LogP) is 4.55. The molecule has 0 spiro atoms. The largest absolute Gasteiger partial charge is 0.350 e. The molecule has 1 aromatic heterocycles. The summed E-state index contributed by atoms with van der Waals surface area (Å²) in [4.78, 5) is 25.6. The van der Waals surface area contributed by atoms with Crippen molar-refractivity contribution in [3.8, 4) is 0 Å². The van der Waals surface area contributed by atoms with Crippen molar-refractivity contribution in [1.82, 2.24) is 14.9 Å². The Kier molecular flexibility index (Phi) is 5.08. The molecule has 0 saturated carbocycles. The average molecular weight is 422 g/mol. The average Bonchev–Trinajstić information content (AvgIpc) is 2.66. The molecule has 0 bridgehead atoms. The van der Waals surface area contributed by atoms with Crippen LogP contribution in [0.4, 0.5) is 5.82 Å². The van der Waals surface area contributed by atoms with E-state index in [2.05, 4.69) is 14.9 Å². The van der Waals surface area contributed by atoms with Gasteiger partial charge < -0.3 is 9.80 Å². The van der Waals surface area contributed by atoms with E-state index in [1.54, 1.807) is 23.1 Å². The van der Waals surface area contributed by atoms with Crippen molar-refractivity contribution in [2.75, 3.05) is 31.1 Å². The smallest absolute Gasteiger partial charge is 0.254 e. The molecule has 4 rings (SSSR count). The lowest BCUT2D eigenvalue weighted by Gasteiger charge is -2.35. The molecule has 138 valence electrons. The molecule has 5 nitrogen and oxygen atoms in total. The number of carbonyl (C=O) groups is 1. The quantitative estimate of drug-likeness (QED) is 0.609. The van der Waals surface area contributed by atoms with Crippen molar-refractivity contribution in [2.45, 2.75) is 0 Å². The number of piperazine rings is 1. The Labute approximate surface area is 171 Å². The number of anilines is 1. The van der Waals surface area contributed by atoms with Crippen molar-refractivity contribution in [3.63, 3.8) is 0 Å². The Balaban J connectivity index is 1.50. The van der Waals surface area contributed by atoms with E-state index in [1.807, 2.05) is 24.3 Å². The molecule has 1 aliphatic heterocycles. The lowest BCUT2D eigenvalue weighted by Crippen LogP contribution is -2.49. The van der Waals surface area contributed by atoms with Gasteiger partial charge in [0.1, 0.15) is 0 Å². The summed E-state index contributed by atoms with van der Waals surface area (Å²) in [6.07, 6.45) is 0. The summed E-state index contributed by atoms with van der Waals surface area (Å²) in [5.41, 5.74) is 2.05. The monoisotopic (exact) mass is 420 g/mol. The third-order valence-electron chi connectivity index (χ3n) is 4.49. The van der Waals surface area contributed by atoms with E-state index < -0.39 is 0 Å². The van der Waals surface area contributed by atoms with Gasteiger partial charge >= 0.3 is 0 Å². The standard InChI is InChI=1S/C19H15Cl3N4O/c20-13-9-12(10-14(21)11-13)19(27)26-7-5-25(6-8-26)18-17(22)23-15-3-1-2-4-16(15)24-18/h1-4,9-11H,5-8H2. The second-order valence-electron chi connectivity index (χ2n) is 6.26. The van der Waals surface area contributed by atoms with Gasteiger partial charge in [-0.05, 0) is 30.3 Å². The summed E-state index contributed by atoms with van der Waals surface area (Å²) in [5, 5.41) is 1.26. The Hall–Kier alpha value is -2.08. The first-order chi connectivity index (χ1) is 13.0. The molecule has 2 aromatic carbocycles. The first-order valence-electron chi connectivity index (χ1n) is 8.44. The molecule has 2 heterocycles. The summed E-state index contributed by atoms with van der Waals surface area (Å²) >= 11 is 18.4. The number of halogens is 3. The zero-order chi connectivity index (χ0) is 19.0. The minimum atomic E-state index is -0.0882. The highest BCUT2D eigenvalue weighted by Gasteiger charge is 2.25. The van der Waals surface area contributed by atoms with E-state index in [4.69, 9.17) is 34.8 Å². The fraction of sp³-hybridized carbons (Fsp3) is 0.211. The van der Waals surface area contributed by atoms with E-state index >= 15 is 0 Å². The van der Waals surface area contributed by atoms with Crippen LogP contribution in [0.1, 0.15) is 10.4 Å². The number of hydrogen-bond donors (Lipinski definition) is 0. The number of hydrogen-bond acceptors (Lipinski definition) is 4. The zero-order valence-electron chi connectivity index (χ0n) is 14.2. The van der Waals surface area contributed by atoms with Crippen LogP contribution < -0.4 is 4.90 Å². The highest BCUT2D eigenvalue weighted by atomic mass is 35.5. The van der Waals surface area contributed by atoms with Gasteiger partial charge in [0.25, 0.3) is 5.91 Å².